The molecule has 2 aliphatic rings. The fourth-order valence-corrected chi connectivity index (χ4v) is 4.12. The van der Waals surface area contributed by atoms with Crippen LogP contribution in [-0.4, -0.2) is 38.9 Å². The summed E-state index contributed by atoms with van der Waals surface area (Å²) in [5.74, 6) is 2.32. The summed E-state index contributed by atoms with van der Waals surface area (Å²) in [5, 5.41) is 0. The molecule has 0 saturated carbocycles. The van der Waals surface area contributed by atoms with Gasteiger partial charge in [0.2, 0.25) is 0 Å². The van der Waals surface area contributed by atoms with Crippen molar-refractivity contribution in [1.82, 2.24) is 0 Å². The maximum absolute atomic E-state index is 5.59. The minimum Gasteiger partial charge on any atom is -0.383 e. The lowest BCUT2D eigenvalue weighted by atomic mass is 9.83. The van der Waals surface area contributed by atoms with Gasteiger partial charge in [0.05, 0.1) is 19.8 Å². The Balaban J connectivity index is 1.95. The summed E-state index contributed by atoms with van der Waals surface area (Å²) in [7, 11) is 3.14. The van der Waals surface area contributed by atoms with Crippen LogP contribution in [0.4, 0.5) is 0 Å². The quantitative estimate of drug-likeness (QED) is 0.787. The fraction of sp³-hybridized carbons (Fsp3) is 0.500. The van der Waals surface area contributed by atoms with Gasteiger partial charge in [-0.25, -0.2) is 0 Å². The van der Waals surface area contributed by atoms with Crippen LogP contribution in [-0.2, 0) is 19.6 Å². The molecule has 3 nitrogen and oxygen atoms in total. The third kappa shape index (κ3) is 2.65. The molecule has 2 heterocycles. The zero-order chi connectivity index (χ0) is 13.3. The highest BCUT2D eigenvalue weighted by Crippen LogP contribution is 2.39. The van der Waals surface area contributed by atoms with Crippen molar-refractivity contribution in [3.63, 3.8) is 0 Å². The summed E-state index contributed by atoms with van der Waals surface area (Å²) in [5.41, 5.74) is 2.40. The Morgan fingerprint density at radius 2 is 2.11 bits per heavy atom. The van der Waals surface area contributed by atoms with Crippen LogP contribution >= 0.6 is 24.1 Å². The van der Waals surface area contributed by atoms with Gasteiger partial charge in [-0.1, -0.05) is 15.9 Å². The molecule has 1 unspecified atom stereocenters. The maximum atomic E-state index is 5.59. The third-order valence-electron chi connectivity index (χ3n) is 3.50. The van der Waals surface area contributed by atoms with Crippen LogP contribution < -0.4 is 0 Å². The number of ether oxygens (including phenoxy) is 3. The minimum absolute atomic E-state index is 0.0490. The van der Waals surface area contributed by atoms with Crippen molar-refractivity contribution in [3.8, 4) is 0 Å². The topological polar surface area (TPSA) is 27.7 Å². The highest BCUT2D eigenvalue weighted by Gasteiger charge is 2.35. The monoisotopic (exact) mass is 342 g/mol. The van der Waals surface area contributed by atoms with Gasteiger partial charge in [0.25, 0.3) is 0 Å². The summed E-state index contributed by atoms with van der Waals surface area (Å²) >= 11 is 3.59. The van der Waals surface area contributed by atoms with Crippen LogP contribution in [0.15, 0.2) is 22.7 Å². The van der Waals surface area contributed by atoms with Crippen LogP contribution in [0.3, 0.4) is 0 Å². The van der Waals surface area contributed by atoms with Crippen LogP contribution in [0.25, 0.3) is 0 Å². The number of benzene rings is 1. The Morgan fingerprint density at radius 3 is 2.68 bits per heavy atom. The molecular weight excluding hydrogens is 327 g/mol. The molecule has 0 amide bonds. The maximum Gasteiger partial charge on any atom is 0.184 e. The number of halogens is 1. The molecule has 3 rings (SSSR count). The van der Waals surface area contributed by atoms with Crippen molar-refractivity contribution in [3.05, 3.63) is 33.8 Å². The zero-order valence-corrected chi connectivity index (χ0v) is 13.2. The number of rotatable bonds is 4. The lowest BCUT2D eigenvalue weighted by molar-refractivity contribution is -0.0442. The highest BCUT2D eigenvalue weighted by atomic mass is 79.9. The molecule has 0 aromatic heterocycles. The van der Waals surface area contributed by atoms with Gasteiger partial charge >= 0.3 is 0 Å². The summed E-state index contributed by atoms with van der Waals surface area (Å²) < 4.78 is 17.6. The van der Waals surface area contributed by atoms with Gasteiger partial charge in [0.15, 0.2) is 6.29 Å². The third-order valence-corrected chi connectivity index (χ3v) is 5.38. The van der Waals surface area contributed by atoms with Crippen molar-refractivity contribution in [2.45, 2.75) is 11.7 Å². The second kappa shape index (κ2) is 5.63. The van der Waals surface area contributed by atoms with E-state index in [2.05, 4.69) is 39.9 Å². The molecule has 1 aromatic carbocycles. The average Bonchev–Trinajstić information content (AvgIpc) is 2.86. The molecule has 0 N–H and O–H groups in total. The van der Waals surface area contributed by atoms with E-state index in [1.807, 2.05) is 0 Å². The zero-order valence-electron chi connectivity index (χ0n) is 10.8. The molecule has 1 fully saturated rings. The lowest BCUT2D eigenvalue weighted by Crippen LogP contribution is -2.39. The molecule has 19 heavy (non-hydrogen) atoms. The van der Waals surface area contributed by atoms with Gasteiger partial charge in [-0.15, -0.1) is 8.20 Å². The Labute approximate surface area is 123 Å². The molecule has 2 aliphatic heterocycles. The number of methoxy groups -OCH3 is 1. The van der Waals surface area contributed by atoms with E-state index in [-0.39, 0.29) is 11.7 Å². The second-order valence-corrected chi connectivity index (χ2v) is 6.76. The van der Waals surface area contributed by atoms with Crippen molar-refractivity contribution >= 4 is 29.9 Å². The lowest BCUT2D eigenvalue weighted by Gasteiger charge is -2.35. The van der Waals surface area contributed by atoms with Crippen LogP contribution in [0.5, 0.6) is 0 Å². The van der Waals surface area contributed by atoms with Crippen LogP contribution in [0.1, 0.15) is 17.4 Å². The Hall–Kier alpha value is -0.250. The van der Waals surface area contributed by atoms with E-state index in [4.69, 9.17) is 14.2 Å². The van der Waals surface area contributed by atoms with Gasteiger partial charge in [-0.3, -0.25) is 0 Å². The molecular formula is C14H16BrO3P. The van der Waals surface area contributed by atoms with Crippen molar-refractivity contribution in [1.29, 1.82) is 0 Å². The first kappa shape index (κ1) is 13.7. The molecule has 1 aromatic rings. The van der Waals surface area contributed by atoms with Gasteiger partial charge in [-0.05, 0) is 29.6 Å². The van der Waals surface area contributed by atoms with Gasteiger partial charge in [0.1, 0.15) is 0 Å². The highest BCUT2D eigenvalue weighted by molar-refractivity contribution is 9.10. The van der Waals surface area contributed by atoms with E-state index >= 15 is 0 Å². The van der Waals surface area contributed by atoms with Gasteiger partial charge in [0, 0.05) is 28.7 Å². The molecule has 0 radical (unpaired) electrons. The Morgan fingerprint density at radius 1 is 1.37 bits per heavy atom. The number of hydrogen-bond acceptors (Lipinski definition) is 3. The predicted molar refractivity (Wildman–Crippen MR) is 80.2 cm³/mol. The summed E-state index contributed by atoms with van der Waals surface area (Å²) in [6.07, 6.45) is 0.886. The first-order chi connectivity index (χ1) is 9.23. The van der Waals surface area contributed by atoms with E-state index in [9.17, 15) is 0 Å². The average molecular weight is 343 g/mol. The van der Waals surface area contributed by atoms with E-state index in [1.54, 1.807) is 7.11 Å². The SMILES string of the molecule is COCC1(c2cc(Br)cc(C3OCCO3)c2)C=PC1. The van der Waals surface area contributed by atoms with Crippen molar-refractivity contribution < 1.29 is 14.2 Å². The molecule has 1 saturated heterocycles. The standard InChI is InChI=1S/C14H16BrO3P/c1-16-7-14(8-19-9-14)11-4-10(5-12(15)6-11)13-17-2-3-18-13/h4-6,8,13H,2-3,7,9H2,1H3. The van der Waals surface area contributed by atoms with E-state index in [0.717, 1.165) is 22.8 Å². The fourth-order valence-electron chi connectivity index (χ4n) is 2.49. The summed E-state index contributed by atoms with van der Waals surface area (Å²) in [6.45, 7) is 2.06. The van der Waals surface area contributed by atoms with Gasteiger partial charge in [-0.2, -0.15) is 0 Å². The minimum atomic E-state index is -0.228. The van der Waals surface area contributed by atoms with E-state index < -0.39 is 0 Å². The summed E-state index contributed by atoms with van der Waals surface area (Å²) in [6, 6.07) is 6.42. The Kier molecular flexibility index (Phi) is 4.06. The summed E-state index contributed by atoms with van der Waals surface area (Å²) in [4.78, 5) is 0. The molecule has 5 heteroatoms. The first-order valence-corrected chi connectivity index (χ1v) is 8.22. The van der Waals surface area contributed by atoms with Crippen LogP contribution in [0.2, 0.25) is 0 Å². The van der Waals surface area contributed by atoms with E-state index in [1.165, 1.54) is 13.8 Å². The van der Waals surface area contributed by atoms with Gasteiger partial charge < -0.3 is 14.2 Å². The normalized spacial score (nSPS) is 27.5. The van der Waals surface area contributed by atoms with Crippen molar-refractivity contribution in [2.75, 3.05) is 33.1 Å². The molecule has 1 atom stereocenters. The van der Waals surface area contributed by atoms with Crippen LogP contribution in [0, 0.1) is 0 Å². The van der Waals surface area contributed by atoms with Crippen molar-refractivity contribution in [2.24, 2.45) is 0 Å². The smallest absolute Gasteiger partial charge is 0.184 e. The largest absolute Gasteiger partial charge is 0.383 e. The second-order valence-electron chi connectivity index (χ2n) is 4.91. The Bertz CT molecular complexity index is 499. The molecule has 0 bridgehead atoms. The first-order valence-electron chi connectivity index (χ1n) is 6.28. The number of hydrogen-bond donors (Lipinski definition) is 0. The van der Waals surface area contributed by atoms with E-state index in [0.29, 0.717) is 13.2 Å². The molecule has 0 aliphatic carbocycles. The predicted octanol–water partition coefficient (Wildman–Crippen LogP) is 3.14. The molecule has 0 spiro atoms. The molecule has 102 valence electrons.